The van der Waals surface area contributed by atoms with Gasteiger partial charge in [-0.05, 0) is 135 Å². The first kappa shape index (κ1) is 29.4. The maximum atomic E-state index is 10.0. The van der Waals surface area contributed by atoms with Gasteiger partial charge in [-0.15, -0.1) is 0 Å². The van der Waals surface area contributed by atoms with Gasteiger partial charge in [-0.1, -0.05) is 78.9 Å². The van der Waals surface area contributed by atoms with Crippen LogP contribution < -0.4 is 9.80 Å². The minimum atomic E-state index is 0.205. The second kappa shape index (κ2) is 12.0. The van der Waals surface area contributed by atoms with Crippen LogP contribution in [-0.2, 0) is 0 Å². The summed E-state index contributed by atoms with van der Waals surface area (Å²) in [4.78, 5) is 4.50. The van der Waals surface area contributed by atoms with E-state index in [1.165, 1.54) is 43.1 Å². The van der Waals surface area contributed by atoms with Crippen molar-refractivity contribution in [3.05, 3.63) is 182 Å². The van der Waals surface area contributed by atoms with Gasteiger partial charge < -0.3 is 20.0 Å². The van der Waals surface area contributed by atoms with Crippen molar-refractivity contribution in [2.75, 3.05) is 9.80 Å². The quantitative estimate of drug-likeness (QED) is 0.177. The maximum absolute atomic E-state index is 10.0. The lowest BCUT2D eigenvalue weighted by Crippen LogP contribution is -2.13. The number of aromatic hydroxyl groups is 2. The summed E-state index contributed by atoms with van der Waals surface area (Å²) in [5.74, 6) is 0.409. The minimum Gasteiger partial charge on any atom is -0.508 e. The Hall–Kier alpha value is -6.78. The number of anilines is 6. The van der Waals surface area contributed by atoms with Gasteiger partial charge in [0, 0.05) is 39.2 Å². The number of phenolic OH excluding ortho intramolecular Hbond substituents is 2. The van der Waals surface area contributed by atoms with E-state index in [0.29, 0.717) is 0 Å². The lowest BCUT2D eigenvalue weighted by Gasteiger charge is -2.30. The molecule has 9 aromatic carbocycles. The number of nitrogens with zero attached hydrogens (tertiary/aromatic N) is 2. The summed E-state index contributed by atoms with van der Waals surface area (Å²) in [6, 6.07) is 62.2. The third-order valence-electron chi connectivity index (χ3n) is 9.49. The molecule has 0 saturated carbocycles. The number of hydrogen-bond acceptors (Lipinski definition) is 4. The molecule has 0 radical (unpaired) electrons. The second-order valence-corrected chi connectivity index (χ2v) is 12.6. The summed E-state index contributed by atoms with van der Waals surface area (Å²) in [5, 5.41) is 29.6. The molecule has 0 amide bonds. The van der Waals surface area contributed by atoms with Gasteiger partial charge >= 0.3 is 0 Å². The average molecular weight is 645 g/mol. The Morgan fingerprint density at radius 3 is 1.16 bits per heavy atom. The predicted molar refractivity (Wildman–Crippen MR) is 209 cm³/mol. The topological polar surface area (TPSA) is 46.9 Å². The zero-order valence-electron chi connectivity index (χ0n) is 27.1. The van der Waals surface area contributed by atoms with Crippen LogP contribution >= 0.6 is 0 Å². The molecule has 238 valence electrons. The second-order valence-electron chi connectivity index (χ2n) is 12.6. The van der Waals surface area contributed by atoms with Crippen LogP contribution in [0.1, 0.15) is 0 Å². The van der Waals surface area contributed by atoms with Gasteiger partial charge in [0.1, 0.15) is 11.5 Å². The monoisotopic (exact) mass is 644 g/mol. The fourth-order valence-electron chi connectivity index (χ4n) is 7.11. The van der Waals surface area contributed by atoms with Crippen molar-refractivity contribution in [3.63, 3.8) is 0 Å². The number of benzene rings is 9. The summed E-state index contributed by atoms with van der Waals surface area (Å²) in [5.41, 5.74) is 5.93. The third kappa shape index (κ3) is 5.20. The highest BCUT2D eigenvalue weighted by atomic mass is 16.3. The van der Waals surface area contributed by atoms with E-state index in [9.17, 15) is 10.2 Å². The van der Waals surface area contributed by atoms with E-state index >= 15 is 0 Å². The molecule has 4 nitrogen and oxygen atoms in total. The first-order valence-corrected chi connectivity index (χ1v) is 16.7. The maximum Gasteiger partial charge on any atom is 0.115 e. The normalized spacial score (nSPS) is 11.4. The molecule has 0 atom stereocenters. The summed E-state index contributed by atoms with van der Waals surface area (Å²) < 4.78 is 0. The molecule has 2 N–H and O–H groups in total. The van der Waals surface area contributed by atoms with E-state index in [0.717, 1.165) is 34.1 Å². The molecule has 9 aromatic rings. The Labute approximate surface area is 289 Å². The smallest absolute Gasteiger partial charge is 0.115 e. The van der Waals surface area contributed by atoms with Gasteiger partial charge in [-0.25, -0.2) is 0 Å². The Morgan fingerprint density at radius 1 is 0.280 bits per heavy atom. The molecule has 0 aliphatic carbocycles. The van der Waals surface area contributed by atoms with Crippen molar-refractivity contribution in [2.24, 2.45) is 0 Å². The van der Waals surface area contributed by atoms with Crippen LogP contribution in [0.3, 0.4) is 0 Å². The van der Waals surface area contributed by atoms with Crippen LogP contribution in [0.4, 0.5) is 34.1 Å². The molecular weight excluding hydrogens is 613 g/mol. The van der Waals surface area contributed by atoms with E-state index < -0.39 is 0 Å². The zero-order valence-corrected chi connectivity index (χ0v) is 27.1. The van der Waals surface area contributed by atoms with Gasteiger partial charge in [0.15, 0.2) is 0 Å². The van der Waals surface area contributed by atoms with E-state index in [2.05, 4.69) is 143 Å². The average Bonchev–Trinajstić information content (AvgIpc) is 3.16. The van der Waals surface area contributed by atoms with Crippen LogP contribution in [0, 0.1) is 0 Å². The highest BCUT2D eigenvalue weighted by molar-refractivity contribution is 6.14. The Kier molecular flexibility index (Phi) is 7.07. The van der Waals surface area contributed by atoms with Gasteiger partial charge in [-0.2, -0.15) is 0 Å². The number of phenols is 2. The molecule has 0 bridgehead atoms. The van der Waals surface area contributed by atoms with Gasteiger partial charge in [-0.3, -0.25) is 0 Å². The molecule has 0 spiro atoms. The standard InChI is InChI=1S/C46H32N2O2/c49-42-23-19-38(20-24-42)47(39-21-25-43(50)26-22-39)37-15-17-40(18-16-37)48(41-14-13-33-27-31-7-1-2-8-32(31)28-36(33)30-41)46-44-11-5-3-9-34(44)29-35-10-4-6-12-45(35)46/h1-30,49-50H. The van der Waals surface area contributed by atoms with Crippen molar-refractivity contribution in [3.8, 4) is 11.5 Å². The van der Waals surface area contributed by atoms with Crippen LogP contribution in [0.5, 0.6) is 11.5 Å². The molecule has 9 rings (SSSR count). The van der Waals surface area contributed by atoms with Gasteiger partial charge in [0.2, 0.25) is 0 Å². The Balaban J connectivity index is 1.26. The molecule has 0 saturated heterocycles. The highest BCUT2D eigenvalue weighted by Crippen LogP contribution is 2.45. The van der Waals surface area contributed by atoms with Crippen LogP contribution in [0.25, 0.3) is 43.1 Å². The van der Waals surface area contributed by atoms with Gasteiger partial charge in [0.05, 0.1) is 5.69 Å². The third-order valence-corrected chi connectivity index (χ3v) is 9.49. The molecule has 0 aliphatic heterocycles. The van der Waals surface area contributed by atoms with E-state index in [4.69, 9.17) is 0 Å². The fraction of sp³-hybridized carbons (Fsp3) is 0. The van der Waals surface area contributed by atoms with Crippen molar-refractivity contribution >= 4 is 77.2 Å². The lowest BCUT2D eigenvalue weighted by atomic mass is 9.98. The summed E-state index contributed by atoms with van der Waals surface area (Å²) in [6.07, 6.45) is 0. The SMILES string of the molecule is Oc1ccc(N(c2ccc(O)cc2)c2ccc(N(c3ccc4cc5ccccc5cc4c3)c3c4ccccc4cc4ccccc34)cc2)cc1. The molecule has 0 unspecified atom stereocenters. The Morgan fingerprint density at radius 2 is 0.640 bits per heavy atom. The van der Waals surface area contributed by atoms with E-state index in [1.54, 1.807) is 24.3 Å². The molecule has 0 aromatic heterocycles. The molecule has 4 heteroatoms. The summed E-state index contributed by atoms with van der Waals surface area (Å²) in [6.45, 7) is 0. The summed E-state index contributed by atoms with van der Waals surface area (Å²) >= 11 is 0. The molecule has 50 heavy (non-hydrogen) atoms. The van der Waals surface area contributed by atoms with E-state index in [1.807, 2.05) is 24.3 Å². The molecule has 0 aliphatic rings. The van der Waals surface area contributed by atoms with Crippen molar-refractivity contribution in [2.45, 2.75) is 0 Å². The predicted octanol–water partition coefficient (Wildman–Crippen LogP) is 12.7. The van der Waals surface area contributed by atoms with Crippen molar-refractivity contribution in [1.82, 2.24) is 0 Å². The summed E-state index contributed by atoms with van der Waals surface area (Å²) in [7, 11) is 0. The number of rotatable bonds is 6. The lowest BCUT2D eigenvalue weighted by molar-refractivity contribution is 0.475. The van der Waals surface area contributed by atoms with E-state index in [-0.39, 0.29) is 11.5 Å². The van der Waals surface area contributed by atoms with Crippen LogP contribution in [0.2, 0.25) is 0 Å². The Bertz CT molecular complexity index is 2570. The van der Waals surface area contributed by atoms with Crippen LogP contribution in [-0.4, -0.2) is 10.2 Å². The fourth-order valence-corrected chi connectivity index (χ4v) is 7.11. The van der Waals surface area contributed by atoms with Crippen molar-refractivity contribution < 1.29 is 10.2 Å². The van der Waals surface area contributed by atoms with Crippen LogP contribution in [0.15, 0.2) is 182 Å². The first-order valence-electron chi connectivity index (χ1n) is 16.7. The molecular formula is C46H32N2O2. The largest absolute Gasteiger partial charge is 0.508 e. The van der Waals surface area contributed by atoms with Gasteiger partial charge in [0.25, 0.3) is 0 Å². The molecule has 0 heterocycles. The molecule has 0 fully saturated rings. The zero-order chi connectivity index (χ0) is 33.6. The number of fused-ring (bicyclic) bond motifs is 4. The van der Waals surface area contributed by atoms with Crippen molar-refractivity contribution in [1.29, 1.82) is 0 Å². The minimum absolute atomic E-state index is 0.205. The number of hydrogen-bond donors (Lipinski definition) is 2. The first-order chi connectivity index (χ1) is 24.6. The highest BCUT2D eigenvalue weighted by Gasteiger charge is 2.20.